The topological polar surface area (TPSA) is 29.0 Å². The molecule has 1 aromatic rings. The molecule has 70 valence electrons. The molecule has 1 aromatic heterocycles. The highest BCUT2D eigenvalue weighted by atomic mass is 15.3. The smallest absolute Gasteiger partial charge is 0.225 e. The summed E-state index contributed by atoms with van der Waals surface area (Å²) in [4.78, 5) is 11.1. The minimum atomic E-state index is 0.903. The molecule has 0 aromatic carbocycles. The largest absolute Gasteiger partial charge is 0.341 e. The van der Waals surface area contributed by atoms with Crippen LogP contribution in [0.15, 0.2) is 6.20 Å². The molecule has 0 saturated carbocycles. The van der Waals surface area contributed by atoms with Gasteiger partial charge in [-0.1, -0.05) is 0 Å². The molecule has 1 saturated heterocycles. The molecule has 2 heterocycles. The molecule has 1 aliphatic heterocycles. The molecule has 0 atom stereocenters. The normalized spacial score (nSPS) is 16.6. The second-order valence-electron chi connectivity index (χ2n) is 3.63. The van der Waals surface area contributed by atoms with Gasteiger partial charge in [0.2, 0.25) is 5.95 Å². The first-order valence-corrected chi connectivity index (χ1v) is 4.82. The van der Waals surface area contributed by atoms with Crippen molar-refractivity contribution >= 4 is 5.95 Å². The fourth-order valence-electron chi connectivity index (χ4n) is 1.58. The SMILES string of the molecule is Cc1cnc(N2CCCC2)nc1C. The number of hydrogen-bond acceptors (Lipinski definition) is 3. The van der Waals surface area contributed by atoms with E-state index in [9.17, 15) is 0 Å². The summed E-state index contributed by atoms with van der Waals surface area (Å²) < 4.78 is 0. The summed E-state index contributed by atoms with van der Waals surface area (Å²) in [5, 5.41) is 0. The first-order chi connectivity index (χ1) is 6.27. The summed E-state index contributed by atoms with van der Waals surface area (Å²) in [6.07, 6.45) is 4.46. The van der Waals surface area contributed by atoms with Crippen molar-refractivity contribution in [2.75, 3.05) is 18.0 Å². The third-order valence-corrected chi connectivity index (χ3v) is 2.60. The third kappa shape index (κ3) is 1.64. The zero-order valence-corrected chi connectivity index (χ0v) is 8.25. The average molecular weight is 177 g/mol. The summed E-state index contributed by atoms with van der Waals surface area (Å²) in [5.41, 5.74) is 2.26. The highest BCUT2D eigenvalue weighted by Gasteiger charge is 2.14. The molecule has 1 fully saturated rings. The van der Waals surface area contributed by atoms with Crippen molar-refractivity contribution in [1.82, 2.24) is 9.97 Å². The van der Waals surface area contributed by atoms with Crippen LogP contribution < -0.4 is 4.90 Å². The monoisotopic (exact) mass is 177 g/mol. The van der Waals surface area contributed by atoms with Gasteiger partial charge >= 0.3 is 0 Å². The molecule has 13 heavy (non-hydrogen) atoms. The molecular weight excluding hydrogens is 162 g/mol. The number of nitrogens with zero attached hydrogens (tertiary/aromatic N) is 3. The predicted octanol–water partition coefficient (Wildman–Crippen LogP) is 1.69. The maximum Gasteiger partial charge on any atom is 0.225 e. The predicted molar refractivity (Wildman–Crippen MR) is 53.0 cm³/mol. The highest BCUT2D eigenvalue weighted by molar-refractivity contribution is 5.33. The maximum atomic E-state index is 4.47. The zero-order chi connectivity index (χ0) is 9.26. The van der Waals surface area contributed by atoms with Gasteiger partial charge in [-0.3, -0.25) is 0 Å². The molecule has 0 bridgehead atoms. The summed E-state index contributed by atoms with van der Waals surface area (Å²) >= 11 is 0. The van der Waals surface area contributed by atoms with E-state index < -0.39 is 0 Å². The quantitative estimate of drug-likeness (QED) is 0.653. The van der Waals surface area contributed by atoms with Gasteiger partial charge in [0.15, 0.2) is 0 Å². The number of hydrogen-bond donors (Lipinski definition) is 0. The molecule has 3 heteroatoms. The highest BCUT2D eigenvalue weighted by Crippen LogP contribution is 2.16. The van der Waals surface area contributed by atoms with Crippen LogP contribution in [0.25, 0.3) is 0 Å². The Morgan fingerprint density at radius 1 is 1.23 bits per heavy atom. The Balaban J connectivity index is 2.25. The van der Waals surface area contributed by atoms with Crippen LogP contribution in [0.2, 0.25) is 0 Å². The van der Waals surface area contributed by atoms with E-state index in [1.54, 1.807) is 0 Å². The Kier molecular flexibility index (Phi) is 2.17. The van der Waals surface area contributed by atoms with E-state index in [1.807, 2.05) is 20.0 Å². The van der Waals surface area contributed by atoms with Gasteiger partial charge in [0, 0.05) is 25.0 Å². The van der Waals surface area contributed by atoms with Crippen LogP contribution in [0.4, 0.5) is 5.95 Å². The van der Waals surface area contributed by atoms with Gasteiger partial charge in [0.25, 0.3) is 0 Å². The second kappa shape index (κ2) is 3.32. The van der Waals surface area contributed by atoms with Gasteiger partial charge < -0.3 is 4.90 Å². The molecule has 0 aliphatic carbocycles. The minimum absolute atomic E-state index is 0.903. The number of rotatable bonds is 1. The average Bonchev–Trinajstić information content (AvgIpc) is 2.62. The number of anilines is 1. The molecule has 3 nitrogen and oxygen atoms in total. The van der Waals surface area contributed by atoms with E-state index in [4.69, 9.17) is 0 Å². The first kappa shape index (κ1) is 8.48. The minimum Gasteiger partial charge on any atom is -0.341 e. The van der Waals surface area contributed by atoms with E-state index in [-0.39, 0.29) is 0 Å². The van der Waals surface area contributed by atoms with E-state index in [1.165, 1.54) is 18.4 Å². The zero-order valence-electron chi connectivity index (χ0n) is 8.25. The number of aryl methyl sites for hydroxylation is 2. The van der Waals surface area contributed by atoms with Gasteiger partial charge in [0.05, 0.1) is 0 Å². The maximum absolute atomic E-state index is 4.47. The number of aromatic nitrogens is 2. The van der Waals surface area contributed by atoms with E-state index in [2.05, 4.69) is 14.9 Å². The lowest BCUT2D eigenvalue weighted by Gasteiger charge is -2.15. The summed E-state index contributed by atoms with van der Waals surface area (Å²) in [7, 11) is 0. The van der Waals surface area contributed by atoms with Crippen LogP contribution in [-0.4, -0.2) is 23.1 Å². The lowest BCUT2D eigenvalue weighted by molar-refractivity contribution is 0.883. The van der Waals surface area contributed by atoms with Crippen molar-refractivity contribution in [1.29, 1.82) is 0 Å². The van der Waals surface area contributed by atoms with Crippen molar-refractivity contribution in [3.63, 3.8) is 0 Å². The van der Waals surface area contributed by atoms with Crippen molar-refractivity contribution in [3.05, 3.63) is 17.5 Å². The van der Waals surface area contributed by atoms with Crippen LogP contribution in [0.1, 0.15) is 24.1 Å². The van der Waals surface area contributed by atoms with Crippen molar-refractivity contribution in [2.45, 2.75) is 26.7 Å². The first-order valence-electron chi connectivity index (χ1n) is 4.82. The summed E-state index contributed by atoms with van der Waals surface area (Å²) in [6.45, 7) is 6.31. The van der Waals surface area contributed by atoms with Crippen molar-refractivity contribution < 1.29 is 0 Å². The van der Waals surface area contributed by atoms with Crippen molar-refractivity contribution in [3.8, 4) is 0 Å². The lowest BCUT2D eigenvalue weighted by Crippen LogP contribution is -2.20. The molecule has 0 N–H and O–H groups in total. The Labute approximate surface area is 78.8 Å². The molecule has 0 amide bonds. The molecule has 0 unspecified atom stereocenters. The van der Waals surface area contributed by atoms with Crippen LogP contribution in [0.5, 0.6) is 0 Å². The molecule has 1 aliphatic rings. The van der Waals surface area contributed by atoms with Crippen LogP contribution in [0, 0.1) is 13.8 Å². The Bertz CT molecular complexity index is 303. The summed E-state index contributed by atoms with van der Waals surface area (Å²) in [6, 6.07) is 0. The van der Waals surface area contributed by atoms with Gasteiger partial charge in [-0.25, -0.2) is 9.97 Å². The van der Waals surface area contributed by atoms with Gasteiger partial charge in [0.1, 0.15) is 0 Å². The Morgan fingerprint density at radius 2 is 1.92 bits per heavy atom. The molecule has 0 radical (unpaired) electrons. The second-order valence-corrected chi connectivity index (χ2v) is 3.63. The molecule has 0 spiro atoms. The van der Waals surface area contributed by atoms with Gasteiger partial charge in [-0.15, -0.1) is 0 Å². The standard InChI is InChI=1S/C10H15N3/c1-8-7-11-10(12-9(8)2)13-5-3-4-6-13/h7H,3-6H2,1-2H3. The Morgan fingerprint density at radius 3 is 2.54 bits per heavy atom. The molecular formula is C10H15N3. The molecule has 2 rings (SSSR count). The van der Waals surface area contributed by atoms with Crippen molar-refractivity contribution in [2.24, 2.45) is 0 Å². The van der Waals surface area contributed by atoms with Crippen LogP contribution in [-0.2, 0) is 0 Å². The fourth-order valence-corrected chi connectivity index (χ4v) is 1.58. The van der Waals surface area contributed by atoms with Crippen LogP contribution >= 0.6 is 0 Å². The van der Waals surface area contributed by atoms with E-state index in [0.29, 0.717) is 0 Å². The van der Waals surface area contributed by atoms with Gasteiger partial charge in [-0.05, 0) is 32.3 Å². The van der Waals surface area contributed by atoms with Gasteiger partial charge in [-0.2, -0.15) is 0 Å². The third-order valence-electron chi connectivity index (χ3n) is 2.60. The van der Waals surface area contributed by atoms with Crippen LogP contribution in [0.3, 0.4) is 0 Å². The lowest BCUT2D eigenvalue weighted by atomic mass is 10.3. The van der Waals surface area contributed by atoms with E-state index >= 15 is 0 Å². The Hall–Kier alpha value is -1.12. The summed E-state index contributed by atoms with van der Waals surface area (Å²) in [5.74, 6) is 0.903. The fraction of sp³-hybridized carbons (Fsp3) is 0.600. The van der Waals surface area contributed by atoms with E-state index in [0.717, 1.165) is 24.7 Å².